The van der Waals surface area contributed by atoms with Crippen molar-refractivity contribution in [1.82, 2.24) is 4.90 Å². The highest BCUT2D eigenvalue weighted by molar-refractivity contribution is 7.85. The van der Waals surface area contributed by atoms with Crippen molar-refractivity contribution in [2.45, 2.75) is 51.6 Å². The minimum atomic E-state index is -3.98. The molecule has 1 atom stereocenters. The van der Waals surface area contributed by atoms with Crippen molar-refractivity contribution in [1.29, 1.82) is 0 Å². The quantitative estimate of drug-likeness (QED) is 0.725. The van der Waals surface area contributed by atoms with E-state index in [0.717, 1.165) is 0 Å². The average molecular weight is 307 g/mol. The van der Waals surface area contributed by atoms with Gasteiger partial charge in [-0.15, -0.1) is 0 Å². The van der Waals surface area contributed by atoms with E-state index >= 15 is 0 Å². The number of carboxylic acid groups (broad SMARTS) is 1. The largest absolute Gasteiger partial charge is 0.480 e. The summed E-state index contributed by atoms with van der Waals surface area (Å²) < 4.78 is 30.5. The van der Waals surface area contributed by atoms with Crippen LogP contribution in [-0.4, -0.2) is 52.7 Å². The summed E-state index contributed by atoms with van der Waals surface area (Å²) in [4.78, 5) is 24.0. The van der Waals surface area contributed by atoms with Gasteiger partial charge in [0.25, 0.3) is 10.1 Å². The van der Waals surface area contributed by atoms with Gasteiger partial charge in [0.1, 0.15) is 6.04 Å². The number of rotatable bonds is 5. The maximum absolute atomic E-state index is 11.6. The monoisotopic (exact) mass is 307 g/mol. The zero-order chi connectivity index (χ0) is 15.5. The van der Waals surface area contributed by atoms with E-state index in [4.69, 9.17) is 9.66 Å². The van der Waals surface area contributed by atoms with Crippen LogP contribution in [0.2, 0.25) is 0 Å². The van der Waals surface area contributed by atoms with Gasteiger partial charge in [-0.1, -0.05) is 0 Å². The lowest BCUT2D eigenvalue weighted by Gasteiger charge is -2.38. The second-order valence-electron chi connectivity index (χ2n) is 5.36. The van der Waals surface area contributed by atoms with E-state index in [1.54, 1.807) is 0 Å². The van der Waals surface area contributed by atoms with Crippen molar-refractivity contribution >= 4 is 22.0 Å². The van der Waals surface area contributed by atoms with Gasteiger partial charge in [0, 0.05) is 13.0 Å². The number of aliphatic carboxylic acids is 1. The van der Waals surface area contributed by atoms with Crippen LogP contribution < -0.4 is 0 Å². The molecule has 20 heavy (non-hydrogen) atoms. The predicted octanol–water partition coefficient (Wildman–Crippen LogP) is 0.755. The van der Waals surface area contributed by atoms with E-state index in [0.29, 0.717) is 25.7 Å². The molecule has 0 spiro atoms. The minimum Gasteiger partial charge on any atom is -0.480 e. The van der Waals surface area contributed by atoms with Gasteiger partial charge in [0.15, 0.2) is 0 Å². The highest BCUT2D eigenvalue weighted by Crippen LogP contribution is 2.29. The lowest BCUT2D eigenvalue weighted by Crippen LogP contribution is -2.49. The molecular formula is C12H21NO6S. The van der Waals surface area contributed by atoms with Gasteiger partial charge in [0.05, 0.1) is 5.75 Å². The van der Waals surface area contributed by atoms with Crippen molar-refractivity contribution in [3.8, 4) is 0 Å². The lowest BCUT2D eigenvalue weighted by atomic mass is 9.86. The number of amides is 1. The molecule has 2 N–H and O–H groups in total. The Kier molecular flexibility index (Phi) is 5.52. The zero-order valence-electron chi connectivity index (χ0n) is 11.7. The summed E-state index contributed by atoms with van der Waals surface area (Å²) >= 11 is 0. The van der Waals surface area contributed by atoms with Crippen LogP contribution in [0.3, 0.4) is 0 Å². The van der Waals surface area contributed by atoms with Crippen LogP contribution in [0.4, 0.5) is 0 Å². The summed E-state index contributed by atoms with van der Waals surface area (Å²) in [5, 5.41) is 9.03. The number of carboxylic acids is 1. The van der Waals surface area contributed by atoms with E-state index < -0.39 is 22.1 Å². The molecule has 0 bridgehead atoms. The van der Waals surface area contributed by atoms with E-state index in [-0.39, 0.29) is 23.6 Å². The van der Waals surface area contributed by atoms with Crippen LogP contribution in [0.15, 0.2) is 0 Å². The molecule has 0 aromatic rings. The second kappa shape index (κ2) is 6.53. The summed E-state index contributed by atoms with van der Waals surface area (Å²) in [6, 6.07) is -1.08. The van der Waals surface area contributed by atoms with Crippen LogP contribution >= 0.6 is 0 Å². The Balaban J connectivity index is 2.66. The van der Waals surface area contributed by atoms with Gasteiger partial charge in [-0.3, -0.25) is 9.35 Å². The first-order valence-electron chi connectivity index (χ1n) is 6.58. The lowest BCUT2D eigenvalue weighted by molar-refractivity contribution is -0.151. The van der Waals surface area contributed by atoms with Crippen LogP contribution in [0.1, 0.15) is 39.5 Å². The molecule has 1 aliphatic carbocycles. The van der Waals surface area contributed by atoms with Gasteiger partial charge in [0.2, 0.25) is 5.91 Å². The van der Waals surface area contributed by atoms with Crippen molar-refractivity contribution in [3.63, 3.8) is 0 Å². The smallest absolute Gasteiger partial charge is 0.326 e. The number of carbonyl (C=O) groups is 2. The molecular weight excluding hydrogens is 286 g/mol. The third kappa shape index (κ3) is 4.75. The SMILES string of the molecule is CC(=O)N(C1CCC(CS(=O)(=O)O)CC1)[C@@H](C)C(=O)O. The Morgan fingerprint density at radius 3 is 2.10 bits per heavy atom. The minimum absolute atomic E-state index is 0.129. The first-order valence-corrected chi connectivity index (χ1v) is 8.19. The van der Waals surface area contributed by atoms with Gasteiger partial charge in [-0.05, 0) is 38.5 Å². The zero-order valence-corrected chi connectivity index (χ0v) is 12.5. The Hall–Kier alpha value is -1.15. The third-order valence-electron chi connectivity index (χ3n) is 3.79. The fourth-order valence-electron chi connectivity index (χ4n) is 2.85. The normalized spacial score (nSPS) is 24.9. The number of nitrogens with zero attached hydrogens (tertiary/aromatic N) is 1. The first kappa shape index (κ1) is 16.9. The average Bonchev–Trinajstić information content (AvgIpc) is 2.29. The second-order valence-corrected chi connectivity index (χ2v) is 6.86. The topological polar surface area (TPSA) is 112 Å². The highest BCUT2D eigenvalue weighted by Gasteiger charge is 2.33. The Labute approximate surface area is 118 Å². The van der Waals surface area contributed by atoms with E-state index in [2.05, 4.69) is 0 Å². The van der Waals surface area contributed by atoms with Crippen molar-refractivity contribution < 1.29 is 27.7 Å². The molecule has 0 radical (unpaired) electrons. The molecule has 1 amide bonds. The van der Waals surface area contributed by atoms with E-state index in [9.17, 15) is 18.0 Å². The third-order valence-corrected chi connectivity index (χ3v) is 4.69. The maximum Gasteiger partial charge on any atom is 0.326 e. The van der Waals surface area contributed by atoms with Gasteiger partial charge in [-0.25, -0.2) is 4.79 Å². The summed E-state index contributed by atoms with van der Waals surface area (Å²) in [6.45, 7) is 2.80. The molecule has 0 aromatic carbocycles. The summed E-state index contributed by atoms with van der Waals surface area (Å²) in [6.07, 6.45) is 2.22. The fraction of sp³-hybridized carbons (Fsp3) is 0.833. The number of hydrogen-bond acceptors (Lipinski definition) is 4. The molecule has 0 unspecified atom stereocenters. The number of carbonyl (C=O) groups excluding carboxylic acids is 1. The summed E-state index contributed by atoms with van der Waals surface area (Å²) in [5.41, 5.74) is 0. The van der Waals surface area contributed by atoms with Gasteiger partial charge < -0.3 is 10.0 Å². The molecule has 7 nitrogen and oxygen atoms in total. The first-order chi connectivity index (χ1) is 9.11. The fourth-order valence-corrected chi connectivity index (χ4v) is 3.78. The standard InChI is InChI=1S/C12H21NO6S/c1-8(12(15)16)13(9(2)14)11-5-3-10(4-6-11)7-20(17,18)19/h8,10-11H,3-7H2,1-2H3,(H,15,16)(H,17,18,19)/t8-,10?,11?/m0/s1. The molecule has 1 aliphatic rings. The van der Waals surface area contributed by atoms with Crippen LogP contribution in [0.5, 0.6) is 0 Å². The van der Waals surface area contributed by atoms with Crippen LogP contribution in [0.25, 0.3) is 0 Å². The summed E-state index contributed by atoms with van der Waals surface area (Å²) in [5.74, 6) is -1.75. The number of hydrogen-bond donors (Lipinski definition) is 2. The Morgan fingerprint density at radius 1 is 1.25 bits per heavy atom. The highest BCUT2D eigenvalue weighted by atomic mass is 32.2. The van der Waals surface area contributed by atoms with Crippen LogP contribution in [0, 0.1) is 5.92 Å². The molecule has 1 rings (SSSR count). The molecule has 1 fully saturated rings. The van der Waals surface area contributed by atoms with Crippen molar-refractivity contribution in [2.24, 2.45) is 5.92 Å². The van der Waals surface area contributed by atoms with E-state index in [1.165, 1.54) is 18.7 Å². The Bertz CT molecular complexity index is 466. The molecule has 8 heteroatoms. The van der Waals surface area contributed by atoms with Crippen LogP contribution in [-0.2, 0) is 19.7 Å². The maximum atomic E-state index is 11.6. The molecule has 116 valence electrons. The molecule has 0 heterocycles. The van der Waals surface area contributed by atoms with E-state index in [1.807, 2.05) is 0 Å². The molecule has 0 saturated heterocycles. The summed E-state index contributed by atoms with van der Waals surface area (Å²) in [7, 11) is -3.98. The van der Waals surface area contributed by atoms with Crippen molar-refractivity contribution in [3.05, 3.63) is 0 Å². The molecule has 0 aromatic heterocycles. The molecule has 0 aliphatic heterocycles. The molecule has 1 saturated carbocycles. The van der Waals surface area contributed by atoms with Gasteiger partial charge in [-0.2, -0.15) is 8.42 Å². The Morgan fingerprint density at radius 2 is 1.75 bits per heavy atom. The van der Waals surface area contributed by atoms with Gasteiger partial charge >= 0.3 is 5.97 Å². The predicted molar refractivity (Wildman–Crippen MR) is 71.8 cm³/mol. The van der Waals surface area contributed by atoms with Crippen molar-refractivity contribution in [2.75, 3.05) is 5.75 Å².